The average molecular weight is 1620 g/mol. The molecule has 4 aliphatic heterocycles. The van der Waals surface area contributed by atoms with Gasteiger partial charge < -0.3 is 45.4 Å². The van der Waals surface area contributed by atoms with Crippen LogP contribution in [0.5, 0.6) is 0 Å². The molecule has 8 N–H and O–H groups in total. The Morgan fingerprint density at radius 1 is 0.466 bits per heavy atom. The maximum absolute atomic E-state index is 14.7. The van der Waals surface area contributed by atoms with Gasteiger partial charge in [-0.25, -0.2) is 26.9 Å². The summed E-state index contributed by atoms with van der Waals surface area (Å²) in [6, 6.07) is 18.5. The van der Waals surface area contributed by atoms with E-state index in [2.05, 4.69) is 136 Å². The van der Waals surface area contributed by atoms with Crippen molar-refractivity contribution in [3.63, 3.8) is 0 Å². The van der Waals surface area contributed by atoms with E-state index in [9.17, 15) is 41.1 Å². The summed E-state index contributed by atoms with van der Waals surface area (Å²) in [5, 5.41) is 54.6. The van der Waals surface area contributed by atoms with Crippen LogP contribution >= 0.6 is 0 Å². The molecule has 624 valence electrons. The Hall–Kier alpha value is -11.0. The summed E-state index contributed by atoms with van der Waals surface area (Å²) in [5.74, 6) is -0.257. The number of benzene rings is 4. The van der Waals surface area contributed by atoms with Gasteiger partial charge >= 0.3 is 0 Å². The minimum atomic E-state index is -1.08. The fourth-order valence-corrected chi connectivity index (χ4v) is 16.6. The zero-order chi connectivity index (χ0) is 82.7. The van der Waals surface area contributed by atoms with Crippen LogP contribution in [0.25, 0.3) is 88.2 Å². The number of H-pyrrole nitrogens is 4. The monoisotopic (exact) mass is 1620 g/mol. The van der Waals surface area contributed by atoms with Crippen LogP contribution in [0.1, 0.15) is 153 Å². The van der Waals surface area contributed by atoms with E-state index in [0.717, 1.165) is 145 Å². The van der Waals surface area contributed by atoms with Gasteiger partial charge in [0.05, 0.1) is 59.6 Å². The summed E-state index contributed by atoms with van der Waals surface area (Å²) in [4.78, 5) is 64.7. The fraction of sp³-hybridized carbons (Fsp3) is 0.482. The van der Waals surface area contributed by atoms with Crippen molar-refractivity contribution in [3.05, 3.63) is 144 Å². The van der Waals surface area contributed by atoms with Crippen molar-refractivity contribution in [3.8, 4) is 44.6 Å². The Balaban J connectivity index is 0.000000123. The number of aromatic nitrogens is 16. The van der Waals surface area contributed by atoms with E-state index in [1.807, 2.05) is 85.3 Å². The van der Waals surface area contributed by atoms with Crippen LogP contribution in [0.4, 0.5) is 22.0 Å². The number of piperidine rings is 4. The van der Waals surface area contributed by atoms with Crippen molar-refractivity contribution < 1.29 is 41.1 Å². The lowest BCUT2D eigenvalue weighted by molar-refractivity contribution is 0.0745. The molecule has 12 heterocycles. The van der Waals surface area contributed by atoms with Crippen molar-refractivity contribution >= 4 is 67.2 Å². The van der Waals surface area contributed by atoms with Crippen molar-refractivity contribution in [1.29, 1.82) is 0 Å². The van der Waals surface area contributed by atoms with Crippen molar-refractivity contribution in [1.82, 2.24) is 121 Å². The van der Waals surface area contributed by atoms with E-state index in [1.165, 1.54) is 37.8 Å². The van der Waals surface area contributed by atoms with Gasteiger partial charge in [0.2, 0.25) is 0 Å². The Morgan fingerprint density at radius 3 is 1.36 bits per heavy atom. The molecule has 6 aliphatic rings. The standard InChI is InChI=1S/C23H29FN6O.C22H29FN6O.C20H24F2N6O.C20H23FN6O/c1-14(2)11-29-8-7-21(19(24)13-29)26-23(31)22-18-9-15(3-6-20(18)27-28-22)16-10-25-30(12-16)17-4-5-17;1-13(2)11-29-8-7-19(17(23)12-29)25-22(30)21-16-9-15(5-6-18(16)26-27-21)20-10-24-14(3)28(20)4;1-12(21)10-28-5-3-15(4-6-28)24-20(29)19-16-7-13(14-9-23-27(2)11-14)8-17(22)18(16)25-26-19;1-26-11-13(10-22-26)12-8-16-18(17(21)9-12)24-25-19(16)20(28)23-14-4-6-27(7-5-14)15-2-3-15/h3,6,9-10,12,14,17,19,21H,4-5,7-8,11,13H2,1-2H3,(H,26,31)(H,27,28);5-6,9-10,13,17,19H,7-8,11-12H2,1-4H3,(H,25,30)(H,26,27);7-9,11-12,15H,3-6,10H2,1-2H3,(H,24,29)(H,25,26);8-11,14-15H,2-7H2,1H3,(H,23,28)(H,24,25)/t19-,21-;17-,19-;;/m00../s1. The minimum Gasteiger partial charge on any atom is -0.348 e. The van der Waals surface area contributed by atoms with Crippen molar-refractivity contribution in [2.45, 2.75) is 161 Å². The third-order valence-electron chi connectivity index (χ3n) is 23.2. The van der Waals surface area contributed by atoms with Gasteiger partial charge in [0.1, 0.15) is 46.8 Å². The number of fused-ring (bicyclic) bond motifs is 4. The van der Waals surface area contributed by atoms with E-state index in [-0.39, 0.29) is 52.4 Å². The Kier molecular flexibility index (Phi) is 24.8. The number of carbonyl (C=O) groups is 4. The SMILES string of the molecule is CC(C)CN1CC[C@H](NC(=O)c2n[nH]c3ccc(-c4cnn(C5CC5)c4)cc23)[C@@H](F)C1.CC(F)CN1CCC(NC(=O)c2[nH]nc3c(F)cc(-c4cnn(C)c4)cc23)CC1.Cc1ncc(-c2ccc3[nH]nc(C(=O)N[C@H]4CCN(CC(C)C)C[C@@H]4F)c3c2)n1C.Cn1cc(-c2cc(F)c3n[nH]c(C(=O)NC4CCN(C5CC5)CC4)c3c2)cn1. The number of rotatable bonds is 20. The number of aryl methyl sites for hydroxylation is 3. The molecule has 4 saturated heterocycles. The van der Waals surface area contributed by atoms with E-state index in [1.54, 1.807) is 54.1 Å². The minimum absolute atomic E-state index is 0.00151. The van der Waals surface area contributed by atoms with E-state index < -0.39 is 42.2 Å². The lowest BCUT2D eigenvalue weighted by Crippen LogP contribution is -2.53. The number of imidazole rings is 1. The van der Waals surface area contributed by atoms with Crippen LogP contribution in [0.15, 0.2) is 104 Å². The fourth-order valence-electron chi connectivity index (χ4n) is 16.6. The molecule has 18 rings (SSSR count). The van der Waals surface area contributed by atoms with E-state index in [0.29, 0.717) is 89.3 Å². The van der Waals surface area contributed by atoms with Crippen molar-refractivity contribution in [2.75, 3.05) is 72.0 Å². The maximum Gasteiger partial charge on any atom is 0.272 e. The van der Waals surface area contributed by atoms with Crippen LogP contribution in [-0.2, 0) is 21.1 Å². The molecule has 12 aromatic rings. The molecule has 6 fully saturated rings. The molecule has 33 heteroatoms. The smallest absolute Gasteiger partial charge is 0.272 e. The Labute approximate surface area is 680 Å². The van der Waals surface area contributed by atoms with Gasteiger partial charge in [0, 0.05) is 174 Å². The van der Waals surface area contributed by atoms with Crippen molar-refractivity contribution in [2.24, 2.45) is 33.0 Å². The van der Waals surface area contributed by atoms with Crippen LogP contribution in [0, 0.1) is 30.4 Å². The Morgan fingerprint density at radius 2 is 0.915 bits per heavy atom. The highest BCUT2D eigenvalue weighted by atomic mass is 19.1. The van der Waals surface area contributed by atoms with E-state index >= 15 is 0 Å². The van der Waals surface area contributed by atoms with Gasteiger partial charge in [-0.05, 0) is 155 Å². The van der Waals surface area contributed by atoms with E-state index in [4.69, 9.17) is 0 Å². The number of likely N-dealkylation sites (tertiary alicyclic amines) is 4. The predicted molar refractivity (Wildman–Crippen MR) is 442 cm³/mol. The first-order chi connectivity index (χ1) is 56.8. The molecule has 1 unspecified atom stereocenters. The second kappa shape index (κ2) is 35.7. The third-order valence-corrected chi connectivity index (χ3v) is 23.2. The van der Waals surface area contributed by atoms with Crippen LogP contribution in [-0.4, -0.2) is 244 Å². The first-order valence-corrected chi connectivity index (χ1v) is 41.2. The zero-order valence-corrected chi connectivity index (χ0v) is 68.2. The first-order valence-electron chi connectivity index (χ1n) is 41.2. The number of hydrogen-bond donors (Lipinski definition) is 8. The molecule has 0 bridgehead atoms. The number of alkyl halides is 3. The molecule has 0 radical (unpaired) electrons. The highest BCUT2D eigenvalue weighted by Gasteiger charge is 2.36. The topological polar surface area (TPSA) is 315 Å². The summed E-state index contributed by atoms with van der Waals surface area (Å²) in [5.41, 5.74) is 9.79. The number of halogens is 5. The molecule has 5 atom stereocenters. The van der Waals surface area contributed by atoms with Crippen LogP contribution in [0.2, 0.25) is 0 Å². The molecular formula is C85H105F5N24O4. The number of amides is 4. The zero-order valence-electron chi connectivity index (χ0n) is 68.2. The molecule has 118 heavy (non-hydrogen) atoms. The summed E-state index contributed by atoms with van der Waals surface area (Å²) >= 11 is 0. The van der Waals surface area contributed by atoms with Gasteiger partial charge in [-0.3, -0.25) is 53.6 Å². The number of carbonyl (C=O) groups excluding carboxylic acids is 4. The molecule has 2 saturated carbocycles. The largest absolute Gasteiger partial charge is 0.348 e. The predicted octanol–water partition coefficient (Wildman–Crippen LogP) is 11.7. The molecule has 4 amide bonds. The average Bonchev–Trinajstić information content (AvgIpc) is 1.64. The van der Waals surface area contributed by atoms with Gasteiger partial charge in [-0.1, -0.05) is 39.8 Å². The summed E-state index contributed by atoms with van der Waals surface area (Å²) in [7, 11) is 5.55. The summed E-state index contributed by atoms with van der Waals surface area (Å²) in [6.07, 6.45) is 19.2. The number of nitrogens with one attached hydrogen (secondary N) is 8. The normalized spacial score (nSPS) is 19.6. The second-order valence-electron chi connectivity index (χ2n) is 33.5. The Bertz CT molecular complexity index is 5530. The second-order valence-corrected chi connectivity index (χ2v) is 33.5. The van der Waals surface area contributed by atoms with Gasteiger partial charge in [-0.15, -0.1) is 0 Å². The lowest BCUT2D eigenvalue weighted by atomic mass is 10.0. The maximum atomic E-state index is 14.7. The van der Waals surface area contributed by atoms with Crippen LogP contribution in [0.3, 0.4) is 0 Å². The highest BCUT2D eigenvalue weighted by molar-refractivity contribution is 6.08. The highest BCUT2D eigenvalue weighted by Crippen LogP contribution is 2.37. The number of aromatic amines is 4. The number of hydrogen-bond acceptors (Lipinski definition) is 16. The van der Waals surface area contributed by atoms with Gasteiger partial charge in [0.15, 0.2) is 23.0 Å². The van der Waals surface area contributed by atoms with Gasteiger partial charge in [0.25, 0.3) is 23.6 Å². The van der Waals surface area contributed by atoms with Gasteiger partial charge in [-0.2, -0.15) is 35.7 Å². The number of nitrogens with zero attached hydrogens (tertiary/aromatic N) is 16. The molecule has 0 spiro atoms. The van der Waals surface area contributed by atoms with Crippen LogP contribution < -0.4 is 21.3 Å². The molecule has 28 nitrogen and oxygen atoms in total. The molecule has 4 aromatic carbocycles. The third kappa shape index (κ3) is 19.2. The quantitative estimate of drug-likeness (QED) is 0.0329. The molecule has 8 aromatic heterocycles. The molecule has 2 aliphatic carbocycles. The summed E-state index contributed by atoms with van der Waals surface area (Å²) in [6.45, 7) is 20.0. The lowest BCUT2D eigenvalue weighted by Gasteiger charge is -2.35. The summed E-state index contributed by atoms with van der Waals surface area (Å²) < 4.78 is 79.0. The first kappa shape index (κ1) is 82.1. The molecular weight excluding hydrogens is 1520 g/mol.